The first kappa shape index (κ1) is 10.1. The molecule has 0 amide bonds. The highest BCUT2D eigenvalue weighted by molar-refractivity contribution is 5.89. The van der Waals surface area contributed by atoms with E-state index < -0.39 is 22.6 Å². The van der Waals surface area contributed by atoms with Crippen molar-refractivity contribution in [1.82, 2.24) is 0 Å². The second-order valence-electron chi connectivity index (χ2n) is 4.11. The molecule has 0 spiro atoms. The maximum absolute atomic E-state index is 11.5. The van der Waals surface area contributed by atoms with Gasteiger partial charge in [-0.15, -0.1) is 0 Å². The van der Waals surface area contributed by atoms with Crippen molar-refractivity contribution in [3.05, 3.63) is 33.9 Å². The van der Waals surface area contributed by atoms with E-state index in [0.717, 1.165) is 0 Å². The molecule has 88 valence electrons. The van der Waals surface area contributed by atoms with Crippen molar-refractivity contribution in [2.24, 2.45) is 0 Å². The average Bonchev–Trinajstić information content (AvgIpc) is 2.57. The lowest BCUT2D eigenvalue weighted by Crippen LogP contribution is -2.57. The van der Waals surface area contributed by atoms with Crippen molar-refractivity contribution in [3.63, 3.8) is 0 Å². The third-order valence-electron chi connectivity index (χ3n) is 3.30. The number of rotatable bonds is 2. The van der Waals surface area contributed by atoms with Gasteiger partial charge in [-0.1, -0.05) is 6.92 Å². The van der Waals surface area contributed by atoms with E-state index in [1.807, 2.05) is 6.92 Å². The molecular weight excluding hydrogens is 226 g/mol. The number of hydrogen-bond donors (Lipinski definition) is 0. The van der Waals surface area contributed by atoms with Crippen molar-refractivity contribution in [3.8, 4) is 5.75 Å². The summed E-state index contributed by atoms with van der Waals surface area (Å²) >= 11 is 0. The van der Waals surface area contributed by atoms with Crippen molar-refractivity contribution < 1.29 is 19.2 Å². The van der Waals surface area contributed by atoms with Gasteiger partial charge in [0, 0.05) is 17.7 Å². The molecule has 6 nitrogen and oxygen atoms in total. The van der Waals surface area contributed by atoms with Crippen LogP contribution in [0, 0.1) is 10.1 Å². The Balaban J connectivity index is 2.07. The van der Waals surface area contributed by atoms with Gasteiger partial charge in [0.05, 0.1) is 4.92 Å². The molecule has 0 radical (unpaired) electrons. The molecule has 2 heterocycles. The number of nitrogens with zero attached hydrogens (tertiary/aromatic N) is 1. The van der Waals surface area contributed by atoms with Crippen LogP contribution in [0.5, 0.6) is 5.75 Å². The Morgan fingerprint density at radius 1 is 1.53 bits per heavy atom. The van der Waals surface area contributed by atoms with Crippen LogP contribution in [0.2, 0.25) is 0 Å². The first-order valence-electron chi connectivity index (χ1n) is 5.27. The molecule has 0 saturated carbocycles. The zero-order valence-electron chi connectivity index (χ0n) is 9.00. The topological polar surface area (TPSA) is 78.7 Å². The zero-order valence-corrected chi connectivity index (χ0v) is 9.00. The van der Waals surface area contributed by atoms with E-state index in [2.05, 4.69) is 0 Å². The molecule has 2 atom stereocenters. The highest BCUT2D eigenvalue weighted by atomic mass is 16.7. The van der Waals surface area contributed by atoms with Crippen LogP contribution in [-0.4, -0.2) is 16.5 Å². The quantitative estimate of drug-likeness (QED) is 0.443. The van der Waals surface area contributed by atoms with Crippen LogP contribution < -0.4 is 4.74 Å². The van der Waals surface area contributed by atoms with E-state index in [-0.39, 0.29) is 5.69 Å². The minimum atomic E-state index is -0.961. The number of nitro groups is 1. The smallest absolute Gasteiger partial charge is 0.355 e. The van der Waals surface area contributed by atoms with Crippen LogP contribution in [-0.2, 0) is 9.53 Å². The minimum absolute atomic E-state index is 0.0257. The third-order valence-corrected chi connectivity index (χ3v) is 3.30. The number of carbonyl (C=O) groups is 1. The molecule has 1 fully saturated rings. The first-order valence-corrected chi connectivity index (χ1v) is 5.27. The molecule has 6 heteroatoms. The molecule has 2 aliphatic rings. The summed E-state index contributed by atoms with van der Waals surface area (Å²) in [5.41, 5.74) is -0.403. The summed E-state index contributed by atoms with van der Waals surface area (Å²) in [5.74, 6) is 0.0946. The van der Waals surface area contributed by atoms with Crippen molar-refractivity contribution in [1.29, 1.82) is 0 Å². The van der Waals surface area contributed by atoms with Gasteiger partial charge in [0.25, 0.3) is 5.69 Å². The highest BCUT2D eigenvalue weighted by Crippen LogP contribution is 2.54. The monoisotopic (exact) mass is 235 g/mol. The lowest BCUT2D eigenvalue weighted by atomic mass is 9.86. The molecule has 1 saturated heterocycles. The van der Waals surface area contributed by atoms with Crippen LogP contribution >= 0.6 is 0 Å². The van der Waals surface area contributed by atoms with Crippen LogP contribution in [0.4, 0.5) is 5.69 Å². The molecule has 0 bridgehead atoms. The molecule has 1 aromatic rings. The van der Waals surface area contributed by atoms with E-state index in [1.54, 1.807) is 0 Å². The summed E-state index contributed by atoms with van der Waals surface area (Å²) in [6.07, 6.45) is -0.0196. The van der Waals surface area contributed by atoms with Gasteiger partial charge >= 0.3 is 5.97 Å². The van der Waals surface area contributed by atoms with Crippen LogP contribution in [0.25, 0.3) is 0 Å². The molecule has 0 aliphatic carbocycles. The molecule has 2 unspecified atom stereocenters. The number of ether oxygens (including phenoxy) is 2. The maximum Gasteiger partial charge on any atom is 0.355 e. The largest absolute Gasteiger partial charge is 0.471 e. The van der Waals surface area contributed by atoms with E-state index >= 15 is 0 Å². The summed E-state index contributed by atoms with van der Waals surface area (Å²) in [7, 11) is 0. The lowest BCUT2D eigenvalue weighted by molar-refractivity contribution is -0.385. The van der Waals surface area contributed by atoms with Crippen LogP contribution in [0.15, 0.2) is 18.2 Å². The van der Waals surface area contributed by atoms with E-state index in [4.69, 9.17) is 9.47 Å². The number of fused-ring (bicyclic) bond motifs is 3. The molecule has 1 aromatic carbocycles. The molecular formula is C11H9NO5. The fourth-order valence-corrected chi connectivity index (χ4v) is 2.31. The SMILES string of the molecule is CCC12Oc3ccc([N+](=O)[O-])cc3C1OC2=O. The third kappa shape index (κ3) is 1.07. The van der Waals surface area contributed by atoms with Crippen LogP contribution in [0.1, 0.15) is 25.0 Å². The maximum atomic E-state index is 11.5. The second-order valence-corrected chi connectivity index (χ2v) is 4.11. The van der Waals surface area contributed by atoms with Crippen molar-refractivity contribution >= 4 is 11.7 Å². The molecule has 2 aliphatic heterocycles. The minimum Gasteiger partial charge on any atom is -0.471 e. The average molecular weight is 235 g/mol. The normalized spacial score (nSPS) is 28.5. The number of carbonyl (C=O) groups excluding carboxylic acids is 1. The summed E-state index contributed by atoms with van der Waals surface area (Å²) in [6, 6.07) is 4.28. The van der Waals surface area contributed by atoms with Gasteiger partial charge in [-0.05, 0) is 12.5 Å². The van der Waals surface area contributed by atoms with Gasteiger partial charge in [-0.2, -0.15) is 0 Å². The van der Waals surface area contributed by atoms with Crippen molar-refractivity contribution in [2.75, 3.05) is 0 Å². The first-order chi connectivity index (χ1) is 8.08. The molecule has 0 aromatic heterocycles. The van der Waals surface area contributed by atoms with E-state index in [9.17, 15) is 14.9 Å². The number of non-ortho nitro benzene ring substituents is 1. The Morgan fingerprint density at radius 3 is 2.88 bits per heavy atom. The van der Waals surface area contributed by atoms with E-state index in [1.165, 1.54) is 18.2 Å². The van der Waals surface area contributed by atoms with Crippen LogP contribution in [0.3, 0.4) is 0 Å². The lowest BCUT2D eigenvalue weighted by Gasteiger charge is -2.39. The predicted molar refractivity (Wildman–Crippen MR) is 55.6 cm³/mol. The Bertz CT molecular complexity index is 541. The summed E-state index contributed by atoms with van der Waals surface area (Å²) in [4.78, 5) is 21.7. The van der Waals surface area contributed by atoms with Gasteiger partial charge in [-0.25, -0.2) is 4.79 Å². The Kier molecular flexibility index (Phi) is 1.76. The summed E-state index contributed by atoms with van der Waals surface area (Å²) in [6.45, 7) is 1.83. The molecule has 17 heavy (non-hydrogen) atoms. The highest BCUT2D eigenvalue weighted by Gasteiger charge is 2.65. The van der Waals surface area contributed by atoms with Gasteiger partial charge < -0.3 is 9.47 Å². The number of esters is 1. The Morgan fingerprint density at radius 2 is 2.29 bits per heavy atom. The number of nitro benzene ring substituents is 1. The van der Waals surface area contributed by atoms with Gasteiger partial charge in [0.2, 0.25) is 5.60 Å². The van der Waals surface area contributed by atoms with Gasteiger partial charge in [0.15, 0.2) is 6.10 Å². The summed E-state index contributed by atoms with van der Waals surface area (Å²) < 4.78 is 10.6. The standard InChI is InChI=1S/C11H9NO5/c1-2-11-9(16-10(11)13)7-5-6(12(14)15)3-4-8(7)17-11/h3-5,9H,2H2,1H3. The van der Waals surface area contributed by atoms with E-state index in [0.29, 0.717) is 17.7 Å². The second kappa shape index (κ2) is 2.97. The Labute approximate surface area is 96.3 Å². The van der Waals surface area contributed by atoms with Crippen molar-refractivity contribution in [2.45, 2.75) is 25.0 Å². The van der Waals surface area contributed by atoms with Gasteiger partial charge in [-0.3, -0.25) is 10.1 Å². The van der Waals surface area contributed by atoms with Gasteiger partial charge in [0.1, 0.15) is 5.75 Å². The molecule has 3 rings (SSSR count). The molecule has 0 N–H and O–H groups in total. The Hall–Kier alpha value is -2.11. The fraction of sp³-hybridized carbons (Fsp3) is 0.364. The zero-order chi connectivity index (χ0) is 12.2. The predicted octanol–water partition coefficient (Wildman–Crippen LogP) is 1.73. The number of hydrogen-bond acceptors (Lipinski definition) is 5. The summed E-state index contributed by atoms with van der Waals surface area (Å²) in [5, 5.41) is 10.7. The fourth-order valence-electron chi connectivity index (χ4n) is 2.31. The number of benzene rings is 1.